The fourth-order valence-electron chi connectivity index (χ4n) is 2.98. The van der Waals surface area contributed by atoms with Crippen LogP contribution in [0.2, 0.25) is 0 Å². The van der Waals surface area contributed by atoms with E-state index in [4.69, 9.17) is 4.74 Å². The Morgan fingerprint density at radius 2 is 2.04 bits per heavy atom. The van der Waals surface area contributed by atoms with Crippen molar-refractivity contribution in [2.24, 2.45) is 0 Å². The summed E-state index contributed by atoms with van der Waals surface area (Å²) >= 11 is 0. The summed E-state index contributed by atoms with van der Waals surface area (Å²) < 4.78 is 5.19. The van der Waals surface area contributed by atoms with Crippen molar-refractivity contribution in [2.75, 3.05) is 20.2 Å². The lowest BCUT2D eigenvalue weighted by Gasteiger charge is -2.13. The molecule has 1 amide bonds. The normalized spacial score (nSPS) is 14.5. The maximum atomic E-state index is 12.5. The van der Waals surface area contributed by atoms with Gasteiger partial charge in [0.15, 0.2) is 0 Å². The number of hydrazine groups is 1. The number of rotatable bonds is 6. The second kappa shape index (κ2) is 8.11. The quantitative estimate of drug-likeness (QED) is 0.637. The molecule has 4 N–H and O–H groups in total. The van der Waals surface area contributed by atoms with Crippen LogP contribution < -0.4 is 20.9 Å². The molecule has 0 saturated carbocycles. The molecule has 1 heterocycles. The van der Waals surface area contributed by atoms with Gasteiger partial charge in [-0.25, -0.2) is 0 Å². The van der Waals surface area contributed by atoms with Crippen LogP contribution in [0.25, 0.3) is 0 Å². The number of aliphatic hydroxyl groups is 1. The van der Waals surface area contributed by atoms with E-state index in [2.05, 4.69) is 16.2 Å². The molecule has 1 fully saturated rings. The van der Waals surface area contributed by atoms with E-state index in [9.17, 15) is 9.90 Å². The molecule has 132 valence electrons. The number of hydrogen-bond donors (Lipinski definition) is 4. The molecule has 25 heavy (non-hydrogen) atoms. The van der Waals surface area contributed by atoms with Gasteiger partial charge in [0.2, 0.25) is 0 Å². The average Bonchev–Trinajstić information content (AvgIpc) is 3.20. The van der Waals surface area contributed by atoms with Crippen molar-refractivity contribution in [1.82, 2.24) is 16.2 Å². The Morgan fingerprint density at radius 3 is 2.76 bits per heavy atom. The Balaban J connectivity index is 1.70. The highest BCUT2D eigenvalue weighted by molar-refractivity contribution is 5.95. The molecule has 0 atom stereocenters. The molecule has 6 heteroatoms. The lowest BCUT2D eigenvalue weighted by molar-refractivity contribution is 0.0947. The van der Waals surface area contributed by atoms with E-state index in [0.29, 0.717) is 23.6 Å². The van der Waals surface area contributed by atoms with Crippen molar-refractivity contribution in [3.63, 3.8) is 0 Å². The molecular weight excluding hydrogens is 318 g/mol. The van der Waals surface area contributed by atoms with Crippen LogP contribution >= 0.6 is 0 Å². The van der Waals surface area contributed by atoms with Gasteiger partial charge < -0.3 is 15.2 Å². The highest BCUT2D eigenvalue weighted by atomic mass is 16.5. The van der Waals surface area contributed by atoms with E-state index in [1.54, 1.807) is 13.2 Å². The van der Waals surface area contributed by atoms with Crippen molar-refractivity contribution in [3.05, 3.63) is 64.7 Å². The van der Waals surface area contributed by atoms with E-state index in [1.165, 1.54) is 0 Å². The lowest BCUT2D eigenvalue weighted by Crippen LogP contribution is -2.24. The highest BCUT2D eigenvalue weighted by Gasteiger charge is 2.19. The van der Waals surface area contributed by atoms with Crippen molar-refractivity contribution in [3.8, 4) is 5.75 Å². The largest absolute Gasteiger partial charge is 0.497 e. The SMILES string of the molecule is COc1cccc(CNC(=O)c2ccc(C3CNNC3)cc2CO)c1. The number of hydrogen-bond acceptors (Lipinski definition) is 5. The van der Waals surface area contributed by atoms with Gasteiger partial charge in [-0.15, -0.1) is 0 Å². The fourth-order valence-corrected chi connectivity index (χ4v) is 2.98. The molecule has 0 spiro atoms. The third-order valence-electron chi connectivity index (χ3n) is 4.42. The van der Waals surface area contributed by atoms with Gasteiger partial charge in [-0.2, -0.15) is 0 Å². The summed E-state index contributed by atoms with van der Waals surface area (Å²) in [6.07, 6.45) is 0. The smallest absolute Gasteiger partial charge is 0.251 e. The van der Waals surface area contributed by atoms with Gasteiger partial charge in [-0.05, 0) is 34.9 Å². The van der Waals surface area contributed by atoms with Gasteiger partial charge in [0.05, 0.1) is 13.7 Å². The summed E-state index contributed by atoms with van der Waals surface area (Å²) in [5, 5.41) is 12.6. The van der Waals surface area contributed by atoms with Crippen LogP contribution in [-0.2, 0) is 13.2 Å². The van der Waals surface area contributed by atoms with Crippen LogP contribution in [0.3, 0.4) is 0 Å². The number of carbonyl (C=O) groups excluding carboxylic acids is 1. The Hall–Kier alpha value is -2.41. The summed E-state index contributed by atoms with van der Waals surface area (Å²) in [6.45, 7) is 1.92. The second-order valence-electron chi connectivity index (χ2n) is 6.07. The molecule has 1 aliphatic rings. The summed E-state index contributed by atoms with van der Waals surface area (Å²) in [6, 6.07) is 13.2. The van der Waals surface area contributed by atoms with Gasteiger partial charge in [0.25, 0.3) is 5.91 Å². The van der Waals surface area contributed by atoms with Gasteiger partial charge >= 0.3 is 0 Å². The first-order valence-corrected chi connectivity index (χ1v) is 8.32. The minimum absolute atomic E-state index is 0.163. The van der Waals surface area contributed by atoms with E-state index in [-0.39, 0.29) is 12.5 Å². The molecule has 2 aromatic carbocycles. The molecule has 2 aromatic rings. The predicted molar refractivity (Wildman–Crippen MR) is 95.3 cm³/mol. The van der Waals surface area contributed by atoms with Gasteiger partial charge in [0.1, 0.15) is 5.75 Å². The van der Waals surface area contributed by atoms with Crippen LogP contribution in [0.1, 0.15) is 33.0 Å². The Bertz CT molecular complexity index is 742. The van der Waals surface area contributed by atoms with E-state index in [0.717, 1.165) is 30.0 Å². The lowest BCUT2D eigenvalue weighted by atomic mass is 9.95. The highest BCUT2D eigenvalue weighted by Crippen LogP contribution is 2.21. The summed E-state index contributed by atoms with van der Waals surface area (Å²) in [5.41, 5.74) is 9.41. The van der Waals surface area contributed by atoms with Crippen LogP contribution in [0.4, 0.5) is 0 Å². The average molecular weight is 341 g/mol. The second-order valence-corrected chi connectivity index (χ2v) is 6.07. The molecule has 0 bridgehead atoms. The number of nitrogens with one attached hydrogen (secondary N) is 3. The molecule has 1 aliphatic heterocycles. The van der Waals surface area contributed by atoms with E-state index in [1.807, 2.05) is 36.4 Å². The Labute approximate surface area is 147 Å². The number of ether oxygens (including phenoxy) is 1. The van der Waals surface area contributed by atoms with E-state index < -0.39 is 0 Å². The van der Waals surface area contributed by atoms with Gasteiger partial charge in [-0.1, -0.05) is 24.3 Å². The predicted octanol–water partition coefficient (Wildman–Crippen LogP) is 1.31. The summed E-state index contributed by atoms with van der Waals surface area (Å²) in [7, 11) is 1.61. The van der Waals surface area contributed by atoms with Gasteiger partial charge in [0, 0.05) is 31.1 Å². The number of amides is 1. The standard InChI is InChI=1S/C19H23N3O3/c1-25-17-4-2-3-13(7-17)9-20-19(24)18-6-5-14(8-15(18)12-23)16-10-21-22-11-16/h2-8,16,21-23H,9-12H2,1H3,(H,20,24). The van der Waals surface area contributed by atoms with Crippen molar-refractivity contribution < 1.29 is 14.6 Å². The summed E-state index contributed by atoms with van der Waals surface area (Å²) in [4.78, 5) is 12.5. The molecule has 3 rings (SSSR count). The zero-order chi connectivity index (χ0) is 17.6. The fraction of sp³-hybridized carbons (Fsp3) is 0.316. The van der Waals surface area contributed by atoms with Crippen LogP contribution in [0, 0.1) is 0 Å². The topological polar surface area (TPSA) is 82.6 Å². The monoisotopic (exact) mass is 341 g/mol. The molecular formula is C19H23N3O3. The first-order chi connectivity index (χ1) is 12.2. The molecule has 0 radical (unpaired) electrons. The maximum Gasteiger partial charge on any atom is 0.251 e. The van der Waals surface area contributed by atoms with E-state index >= 15 is 0 Å². The molecule has 0 aromatic heterocycles. The van der Waals surface area contributed by atoms with Crippen LogP contribution in [0.5, 0.6) is 5.75 Å². The minimum atomic E-state index is -0.193. The zero-order valence-electron chi connectivity index (χ0n) is 14.2. The first kappa shape index (κ1) is 17.4. The molecule has 1 saturated heterocycles. The third-order valence-corrected chi connectivity index (χ3v) is 4.42. The third kappa shape index (κ3) is 4.17. The first-order valence-electron chi connectivity index (χ1n) is 8.32. The Kier molecular flexibility index (Phi) is 5.65. The number of benzene rings is 2. The zero-order valence-corrected chi connectivity index (χ0v) is 14.2. The van der Waals surface area contributed by atoms with Crippen LogP contribution in [-0.4, -0.2) is 31.2 Å². The van der Waals surface area contributed by atoms with Crippen LogP contribution in [0.15, 0.2) is 42.5 Å². The molecule has 6 nitrogen and oxygen atoms in total. The van der Waals surface area contributed by atoms with Gasteiger partial charge in [-0.3, -0.25) is 15.6 Å². The molecule has 0 aliphatic carbocycles. The van der Waals surface area contributed by atoms with Crippen molar-refractivity contribution >= 4 is 5.91 Å². The van der Waals surface area contributed by atoms with Crippen molar-refractivity contribution in [1.29, 1.82) is 0 Å². The maximum absolute atomic E-state index is 12.5. The van der Waals surface area contributed by atoms with Crippen molar-refractivity contribution in [2.45, 2.75) is 19.1 Å². The minimum Gasteiger partial charge on any atom is -0.497 e. The Morgan fingerprint density at radius 1 is 1.24 bits per heavy atom. The number of carbonyl (C=O) groups is 1. The molecule has 0 unspecified atom stereocenters. The number of methoxy groups -OCH3 is 1. The summed E-state index contributed by atoms with van der Waals surface area (Å²) in [5.74, 6) is 0.909. The number of aliphatic hydroxyl groups excluding tert-OH is 1.